The van der Waals surface area contributed by atoms with Crippen LogP contribution >= 0.6 is 0 Å². The van der Waals surface area contributed by atoms with Crippen molar-refractivity contribution in [3.8, 4) is 17.2 Å². The van der Waals surface area contributed by atoms with Crippen molar-refractivity contribution in [2.45, 2.75) is 0 Å². The second kappa shape index (κ2) is 4.49. The Labute approximate surface area is 126 Å². The van der Waals surface area contributed by atoms with Crippen molar-refractivity contribution in [1.29, 1.82) is 0 Å². The monoisotopic (exact) mass is 292 g/mol. The summed E-state index contributed by atoms with van der Waals surface area (Å²) in [5.74, 6) is 1.17. The molecule has 0 amide bonds. The molecular weight excluding hydrogens is 278 g/mol. The van der Waals surface area contributed by atoms with E-state index in [0.29, 0.717) is 0 Å². The molecule has 0 fully saturated rings. The van der Waals surface area contributed by atoms with E-state index >= 15 is 0 Å². The summed E-state index contributed by atoms with van der Waals surface area (Å²) in [5.41, 5.74) is 1.88. The molecule has 0 saturated heterocycles. The van der Waals surface area contributed by atoms with Crippen LogP contribution in [0.2, 0.25) is 0 Å². The number of aromatic hydroxyl groups is 2. The second-order valence-corrected chi connectivity index (χ2v) is 5.26. The van der Waals surface area contributed by atoms with Crippen LogP contribution in [-0.2, 0) is 0 Å². The molecule has 4 rings (SSSR count). The summed E-state index contributed by atoms with van der Waals surface area (Å²) in [5, 5.41) is 22.5. The lowest BCUT2D eigenvalue weighted by Gasteiger charge is -2.06. The van der Waals surface area contributed by atoms with Gasteiger partial charge in [-0.1, -0.05) is 0 Å². The van der Waals surface area contributed by atoms with Crippen molar-refractivity contribution in [3.63, 3.8) is 0 Å². The zero-order chi connectivity index (χ0) is 15.3. The summed E-state index contributed by atoms with van der Waals surface area (Å²) >= 11 is 0. The van der Waals surface area contributed by atoms with Gasteiger partial charge in [-0.25, -0.2) is 0 Å². The molecule has 108 valence electrons. The van der Waals surface area contributed by atoms with E-state index < -0.39 is 0 Å². The summed E-state index contributed by atoms with van der Waals surface area (Å²) in [6.45, 7) is 0. The number of benzene rings is 2. The van der Waals surface area contributed by atoms with Crippen LogP contribution in [0.5, 0.6) is 17.2 Å². The first-order chi connectivity index (χ1) is 10.7. The molecule has 4 aromatic rings. The Morgan fingerprint density at radius 1 is 0.864 bits per heavy atom. The zero-order valence-corrected chi connectivity index (χ0v) is 11.9. The van der Waals surface area contributed by atoms with E-state index in [-0.39, 0.29) is 11.5 Å². The number of methoxy groups -OCH3 is 1. The number of hydrogen-bond donors (Lipinski definition) is 2. The molecule has 0 spiro atoms. The number of phenolic OH excluding ortho intramolecular Hbond substituents is 1. The predicted molar refractivity (Wildman–Crippen MR) is 84.5 cm³/mol. The molecule has 0 aliphatic carbocycles. The number of nitrogens with zero attached hydrogens (tertiary/aromatic N) is 1. The van der Waals surface area contributed by atoms with Gasteiger partial charge in [-0.2, -0.15) is 4.40 Å². The topological polar surface area (TPSA) is 53.8 Å². The van der Waals surface area contributed by atoms with Crippen LogP contribution in [0.1, 0.15) is 0 Å². The minimum atomic E-state index is 0.204. The van der Waals surface area contributed by atoms with Crippen LogP contribution in [0.25, 0.3) is 27.2 Å². The molecule has 2 heterocycles. The molecule has 2 aromatic heterocycles. The summed E-state index contributed by atoms with van der Waals surface area (Å²) < 4.78 is 7.21. The first-order valence-electron chi connectivity index (χ1n) is 6.94. The maximum absolute atomic E-state index is 10.3. The summed E-state index contributed by atoms with van der Waals surface area (Å²) in [4.78, 5) is 0. The van der Waals surface area contributed by atoms with Gasteiger partial charge in [-0.3, -0.25) is 0 Å². The highest BCUT2D eigenvalue weighted by Gasteiger charge is 2.16. The van der Waals surface area contributed by atoms with Gasteiger partial charge in [-0.05, 0) is 36.4 Å². The predicted octanol–water partition coefficient (Wildman–Crippen LogP) is 3.15. The Hall–Kier alpha value is -3.01. The van der Waals surface area contributed by atoms with Gasteiger partial charge < -0.3 is 14.9 Å². The van der Waals surface area contributed by atoms with Crippen LogP contribution in [0, 0.1) is 0 Å². The summed E-state index contributed by atoms with van der Waals surface area (Å²) in [6, 6.07) is 14.7. The molecular formula is C18H14NO3+. The van der Waals surface area contributed by atoms with Crippen LogP contribution in [0.15, 0.2) is 54.7 Å². The van der Waals surface area contributed by atoms with E-state index in [2.05, 4.69) is 0 Å². The highest BCUT2D eigenvalue weighted by Crippen LogP contribution is 2.30. The van der Waals surface area contributed by atoms with Crippen molar-refractivity contribution in [1.82, 2.24) is 0 Å². The maximum atomic E-state index is 10.3. The number of hydrogen-bond acceptors (Lipinski definition) is 3. The molecule has 0 saturated carbocycles. The minimum Gasteiger partial charge on any atom is -0.508 e. The molecule has 22 heavy (non-hydrogen) atoms. The highest BCUT2D eigenvalue weighted by atomic mass is 16.5. The number of rotatable bonds is 1. The summed E-state index contributed by atoms with van der Waals surface area (Å²) in [6.07, 6.45) is 1.70. The van der Waals surface area contributed by atoms with E-state index in [9.17, 15) is 10.2 Å². The highest BCUT2D eigenvalue weighted by molar-refractivity contribution is 5.99. The van der Waals surface area contributed by atoms with Crippen LogP contribution < -0.4 is 9.14 Å². The fourth-order valence-electron chi connectivity index (χ4n) is 2.91. The van der Waals surface area contributed by atoms with Crippen LogP contribution in [0.3, 0.4) is 0 Å². The Morgan fingerprint density at radius 2 is 1.68 bits per heavy atom. The molecule has 0 aliphatic heterocycles. The zero-order valence-electron chi connectivity index (χ0n) is 11.9. The molecule has 0 atom stereocenters. The average molecular weight is 292 g/mol. The normalized spacial score (nSPS) is 11.3. The second-order valence-electron chi connectivity index (χ2n) is 5.26. The lowest BCUT2D eigenvalue weighted by atomic mass is 10.1. The van der Waals surface area contributed by atoms with Crippen molar-refractivity contribution >= 4 is 27.2 Å². The molecule has 0 radical (unpaired) electrons. The molecule has 2 N–H and O–H groups in total. The first-order valence-corrected chi connectivity index (χ1v) is 6.94. The lowest BCUT2D eigenvalue weighted by molar-refractivity contribution is -0.481. The third kappa shape index (κ3) is 1.74. The number of ether oxygens (including phenoxy) is 1. The summed E-state index contributed by atoms with van der Waals surface area (Å²) in [7, 11) is 1.62. The SMILES string of the molecule is COc1ccc2c(O)c[n+]3c4ccc(O)cc4ccc3c2c1. The fourth-order valence-corrected chi connectivity index (χ4v) is 2.91. The Morgan fingerprint density at radius 3 is 2.50 bits per heavy atom. The van der Waals surface area contributed by atoms with Gasteiger partial charge in [0.05, 0.1) is 17.9 Å². The van der Waals surface area contributed by atoms with Crippen molar-refractivity contribution in [2.24, 2.45) is 0 Å². The van der Waals surface area contributed by atoms with E-state index in [1.54, 1.807) is 25.4 Å². The van der Waals surface area contributed by atoms with Gasteiger partial charge in [0.1, 0.15) is 11.5 Å². The van der Waals surface area contributed by atoms with Crippen LogP contribution in [0.4, 0.5) is 0 Å². The third-order valence-corrected chi connectivity index (χ3v) is 3.98. The Kier molecular flexibility index (Phi) is 2.60. The van der Waals surface area contributed by atoms with Gasteiger partial charge >= 0.3 is 0 Å². The standard InChI is InChI=1S/C18H13NO3/c1-22-13-4-5-14-15(9-13)17-6-2-11-8-12(20)3-7-16(11)19(17)10-18(14)21/h2-10H,1H3,(H-,20,21)/p+1. The number of pyridine rings is 2. The molecule has 0 unspecified atom stereocenters. The molecule has 4 nitrogen and oxygen atoms in total. The fraction of sp³-hybridized carbons (Fsp3) is 0.0556. The van der Waals surface area contributed by atoms with Gasteiger partial charge in [-0.15, -0.1) is 0 Å². The first kappa shape index (κ1) is 12.7. The molecule has 4 heteroatoms. The number of phenols is 1. The van der Waals surface area contributed by atoms with E-state index in [0.717, 1.165) is 32.9 Å². The van der Waals surface area contributed by atoms with Crippen molar-refractivity contribution in [2.75, 3.05) is 7.11 Å². The Balaban J connectivity index is 2.22. The van der Waals surface area contributed by atoms with Crippen LogP contribution in [-0.4, -0.2) is 17.3 Å². The third-order valence-electron chi connectivity index (χ3n) is 3.98. The quantitative estimate of drug-likeness (QED) is 0.418. The van der Waals surface area contributed by atoms with Gasteiger partial charge in [0, 0.05) is 17.5 Å². The Bertz CT molecular complexity index is 1040. The largest absolute Gasteiger partial charge is 0.508 e. The van der Waals surface area contributed by atoms with E-state index in [4.69, 9.17) is 4.74 Å². The van der Waals surface area contributed by atoms with E-state index in [1.807, 2.05) is 40.8 Å². The van der Waals surface area contributed by atoms with Gasteiger partial charge in [0.2, 0.25) is 17.2 Å². The van der Waals surface area contributed by atoms with E-state index in [1.165, 1.54) is 0 Å². The van der Waals surface area contributed by atoms with Gasteiger partial charge in [0.25, 0.3) is 0 Å². The molecule has 2 aromatic carbocycles. The number of fused-ring (bicyclic) bond motifs is 5. The molecule has 0 aliphatic rings. The van der Waals surface area contributed by atoms with Gasteiger partial charge in [0.15, 0.2) is 5.75 Å². The minimum absolute atomic E-state index is 0.204. The maximum Gasteiger partial charge on any atom is 0.219 e. The number of aromatic nitrogens is 1. The van der Waals surface area contributed by atoms with Crippen molar-refractivity contribution < 1.29 is 19.4 Å². The molecule has 0 bridgehead atoms. The van der Waals surface area contributed by atoms with Crippen molar-refractivity contribution in [3.05, 3.63) is 54.7 Å². The smallest absolute Gasteiger partial charge is 0.219 e. The average Bonchev–Trinajstić information content (AvgIpc) is 2.54. The lowest BCUT2D eigenvalue weighted by Crippen LogP contribution is -2.22.